The van der Waals surface area contributed by atoms with E-state index in [1.54, 1.807) is 18.2 Å². The lowest BCUT2D eigenvalue weighted by Gasteiger charge is -2.15. The van der Waals surface area contributed by atoms with Gasteiger partial charge in [-0.25, -0.2) is 0 Å². The predicted molar refractivity (Wildman–Crippen MR) is 73.6 cm³/mol. The quantitative estimate of drug-likeness (QED) is 0.899. The third-order valence-electron chi connectivity index (χ3n) is 3.30. The Bertz CT molecular complexity index is 498. The van der Waals surface area contributed by atoms with Crippen LogP contribution in [0.5, 0.6) is 0 Å². The molecular weight excluding hydrogens is 289 g/mol. The van der Waals surface area contributed by atoms with Gasteiger partial charge in [-0.05, 0) is 31.0 Å². The number of amides is 1. The number of nitrogens with one attached hydrogen (secondary N) is 1. The second-order valence-corrected chi connectivity index (χ2v) is 5.50. The summed E-state index contributed by atoms with van der Waals surface area (Å²) in [6.07, 6.45) is 1.90. The molecule has 1 aromatic carbocycles. The van der Waals surface area contributed by atoms with Crippen LogP contribution in [0.1, 0.15) is 19.3 Å². The summed E-state index contributed by atoms with van der Waals surface area (Å²) in [7, 11) is 0. The van der Waals surface area contributed by atoms with Crippen LogP contribution in [0, 0.1) is 11.8 Å². The van der Waals surface area contributed by atoms with Crippen LogP contribution in [-0.4, -0.2) is 17.0 Å². The number of halogens is 2. The molecule has 0 aliphatic heterocycles. The van der Waals surface area contributed by atoms with Gasteiger partial charge in [0, 0.05) is 15.7 Å². The zero-order valence-electron chi connectivity index (χ0n) is 10.0. The van der Waals surface area contributed by atoms with E-state index in [4.69, 9.17) is 28.3 Å². The molecule has 2 rings (SSSR count). The zero-order chi connectivity index (χ0) is 14.0. The molecule has 2 N–H and O–H groups in total. The van der Waals surface area contributed by atoms with Gasteiger partial charge in [-0.3, -0.25) is 9.59 Å². The molecule has 0 heterocycles. The number of carbonyl (C=O) groups is 2. The van der Waals surface area contributed by atoms with E-state index in [-0.39, 0.29) is 5.91 Å². The van der Waals surface area contributed by atoms with E-state index in [9.17, 15) is 9.59 Å². The minimum atomic E-state index is -0.915. The van der Waals surface area contributed by atoms with Crippen molar-refractivity contribution in [2.45, 2.75) is 19.3 Å². The fraction of sp³-hybridized carbons (Fsp3) is 0.385. The van der Waals surface area contributed by atoms with Crippen LogP contribution < -0.4 is 5.32 Å². The molecule has 1 amide bonds. The fourth-order valence-corrected chi connectivity index (χ4v) is 2.96. The Balaban J connectivity index is 2.10. The molecule has 102 valence electrons. The van der Waals surface area contributed by atoms with Crippen molar-refractivity contribution >= 4 is 40.8 Å². The van der Waals surface area contributed by atoms with Gasteiger partial charge in [0.1, 0.15) is 0 Å². The third kappa shape index (κ3) is 3.39. The van der Waals surface area contributed by atoms with Crippen molar-refractivity contribution in [2.24, 2.45) is 11.8 Å². The number of rotatable bonds is 3. The molecule has 0 aromatic heterocycles. The van der Waals surface area contributed by atoms with Crippen molar-refractivity contribution in [1.82, 2.24) is 0 Å². The number of hydrogen-bond acceptors (Lipinski definition) is 2. The van der Waals surface area contributed by atoms with Crippen molar-refractivity contribution in [1.29, 1.82) is 0 Å². The Kier molecular flexibility index (Phi) is 4.32. The van der Waals surface area contributed by atoms with Crippen LogP contribution in [0.25, 0.3) is 0 Å². The Morgan fingerprint density at radius 1 is 1.11 bits per heavy atom. The minimum Gasteiger partial charge on any atom is -0.481 e. The summed E-state index contributed by atoms with van der Waals surface area (Å²) in [5.41, 5.74) is 0.485. The Hall–Kier alpha value is -1.26. The highest BCUT2D eigenvalue weighted by atomic mass is 35.5. The van der Waals surface area contributed by atoms with Crippen molar-refractivity contribution < 1.29 is 14.7 Å². The van der Waals surface area contributed by atoms with Gasteiger partial charge in [0.15, 0.2) is 0 Å². The van der Waals surface area contributed by atoms with Gasteiger partial charge in [-0.1, -0.05) is 29.6 Å². The summed E-state index contributed by atoms with van der Waals surface area (Å²) >= 11 is 11.7. The summed E-state index contributed by atoms with van der Waals surface area (Å²) in [5, 5.41) is 12.6. The molecule has 1 fully saturated rings. The maximum absolute atomic E-state index is 12.1. The first kappa shape index (κ1) is 14.2. The second kappa shape index (κ2) is 5.80. The lowest BCUT2D eigenvalue weighted by atomic mass is 9.95. The smallest absolute Gasteiger partial charge is 0.307 e. The number of benzene rings is 1. The van der Waals surface area contributed by atoms with E-state index in [0.29, 0.717) is 28.6 Å². The van der Waals surface area contributed by atoms with E-state index in [2.05, 4.69) is 5.32 Å². The average molecular weight is 302 g/mol. The molecule has 6 heteroatoms. The highest BCUT2D eigenvalue weighted by Gasteiger charge is 2.37. The largest absolute Gasteiger partial charge is 0.481 e. The minimum absolute atomic E-state index is 0.289. The predicted octanol–water partition coefficient (Wildman–Crippen LogP) is 3.43. The van der Waals surface area contributed by atoms with Crippen LogP contribution in [0.3, 0.4) is 0 Å². The molecule has 0 radical (unpaired) electrons. The Morgan fingerprint density at radius 3 is 2.26 bits per heavy atom. The van der Waals surface area contributed by atoms with Crippen LogP contribution in [0.4, 0.5) is 5.69 Å². The maximum atomic E-state index is 12.1. The van der Waals surface area contributed by atoms with Gasteiger partial charge in [0.2, 0.25) is 5.91 Å². The third-order valence-corrected chi connectivity index (χ3v) is 3.74. The number of anilines is 1. The molecule has 19 heavy (non-hydrogen) atoms. The maximum Gasteiger partial charge on any atom is 0.307 e. The van der Waals surface area contributed by atoms with E-state index in [0.717, 1.165) is 6.42 Å². The van der Waals surface area contributed by atoms with Crippen LogP contribution >= 0.6 is 23.2 Å². The first-order chi connectivity index (χ1) is 8.97. The number of carboxylic acids is 1. The standard InChI is InChI=1S/C13H13Cl2NO3/c14-7-4-8(15)6-9(5-7)16-12(17)10-2-1-3-11(10)13(18)19/h4-6,10-11H,1-3H2,(H,16,17)(H,18,19)/t10-,11+/m0/s1. The summed E-state index contributed by atoms with van der Waals surface area (Å²) in [6, 6.07) is 4.72. The summed E-state index contributed by atoms with van der Waals surface area (Å²) in [4.78, 5) is 23.1. The molecule has 1 saturated carbocycles. The molecule has 0 bridgehead atoms. The lowest BCUT2D eigenvalue weighted by Crippen LogP contribution is -2.29. The Morgan fingerprint density at radius 2 is 1.68 bits per heavy atom. The van der Waals surface area contributed by atoms with Gasteiger partial charge in [0.05, 0.1) is 11.8 Å². The molecule has 2 atom stereocenters. The van der Waals surface area contributed by atoms with Crippen molar-refractivity contribution in [2.75, 3.05) is 5.32 Å². The lowest BCUT2D eigenvalue weighted by molar-refractivity contribution is -0.145. The number of aliphatic carboxylic acids is 1. The normalized spacial score (nSPS) is 22.2. The average Bonchev–Trinajstić information content (AvgIpc) is 2.75. The van der Waals surface area contributed by atoms with E-state index in [1.807, 2.05) is 0 Å². The number of carboxylic acid groups (broad SMARTS) is 1. The number of hydrogen-bond donors (Lipinski definition) is 2. The second-order valence-electron chi connectivity index (χ2n) is 4.63. The molecule has 1 aliphatic rings. The van der Waals surface area contributed by atoms with Gasteiger partial charge in [-0.15, -0.1) is 0 Å². The van der Waals surface area contributed by atoms with E-state index < -0.39 is 17.8 Å². The summed E-state index contributed by atoms with van der Waals surface area (Å²) in [5.74, 6) is -2.30. The van der Waals surface area contributed by atoms with Crippen LogP contribution in [0.2, 0.25) is 10.0 Å². The highest BCUT2D eigenvalue weighted by molar-refractivity contribution is 6.35. The van der Waals surface area contributed by atoms with Gasteiger partial charge >= 0.3 is 5.97 Å². The molecule has 0 spiro atoms. The SMILES string of the molecule is O=C(Nc1cc(Cl)cc(Cl)c1)[C@H]1CCC[C@H]1C(=O)O. The monoisotopic (exact) mass is 301 g/mol. The molecule has 1 aliphatic carbocycles. The molecule has 0 unspecified atom stereocenters. The Labute approximate surface area is 120 Å². The van der Waals surface area contributed by atoms with Gasteiger partial charge < -0.3 is 10.4 Å². The van der Waals surface area contributed by atoms with Crippen LogP contribution in [-0.2, 0) is 9.59 Å². The molecule has 4 nitrogen and oxygen atoms in total. The highest BCUT2D eigenvalue weighted by Crippen LogP contribution is 2.33. The van der Waals surface area contributed by atoms with Crippen molar-refractivity contribution in [3.63, 3.8) is 0 Å². The van der Waals surface area contributed by atoms with Crippen molar-refractivity contribution in [3.8, 4) is 0 Å². The summed E-state index contributed by atoms with van der Waals surface area (Å²) in [6.45, 7) is 0. The first-order valence-electron chi connectivity index (χ1n) is 5.97. The topological polar surface area (TPSA) is 66.4 Å². The molecule has 1 aromatic rings. The van der Waals surface area contributed by atoms with Gasteiger partial charge in [0.25, 0.3) is 0 Å². The molecule has 0 saturated heterocycles. The molecular formula is C13H13Cl2NO3. The summed E-state index contributed by atoms with van der Waals surface area (Å²) < 4.78 is 0. The fourth-order valence-electron chi connectivity index (χ4n) is 2.43. The van der Waals surface area contributed by atoms with E-state index in [1.165, 1.54) is 0 Å². The zero-order valence-corrected chi connectivity index (χ0v) is 11.5. The van der Waals surface area contributed by atoms with Gasteiger partial charge in [-0.2, -0.15) is 0 Å². The first-order valence-corrected chi connectivity index (χ1v) is 6.72. The van der Waals surface area contributed by atoms with E-state index >= 15 is 0 Å². The number of carbonyl (C=O) groups excluding carboxylic acids is 1. The van der Waals surface area contributed by atoms with Crippen LogP contribution in [0.15, 0.2) is 18.2 Å². The van der Waals surface area contributed by atoms with Crippen molar-refractivity contribution in [3.05, 3.63) is 28.2 Å².